The first-order valence-electron chi connectivity index (χ1n) is 7.45. The van der Waals surface area contributed by atoms with Gasteiger partial charge in [0.1, 0.15) is 0 Å². The van der Waals surface area contributed by atoms with E-state index in [1.807, 2.05) is 26.0 Å². The Hall–Kier alpha value is -0.430. The molecule has 0 amide bonds. The van der Waals surface area contributed by atoms with Gasteiger partial charge >= 0.3 is 0 Å². The smallest absolute Gasteiger partial charge is 0.244 e. The van der Waals surface area contributed by atoms with Gasteiger partial charge < -0.3 is 5.32 Å². The van der Waals surface area contributed by atoms with Crippen molar-refractivity contribution in [1.29, 1.82) is 0 Å². The van der Waals surface area contributed by atoms with Crippen molar-refractivity contribution in [2.75, 3.05) is 19.6 Å². The summed E-state index contributed by atoms with van der Waals surface area (Å²) in [6.45, 7) is 6.05. The molecular weight excluding hydrogens is 352 g/mol. The van der Waals surface area contributed by atoms with Crippen molar-refractivity contribution in [3.8, 4) is 0 Å². The molecule has 1 aliphatic heterocycles. The van der Waals surface area contributed by atoms with Gasteiger partial charge in [-0.05, 0) is 66.4 Å². The average molecular weight is 375 g/mol. The van der Waals surface area contributed by atoms with Crippen LogP contribution in [0.5, 0.6) is 0 Å². The third-order valence-corrected chi connectivity index (χ3v) is 6.61. The molecule has 21 heavy (non-hydrogen) atoms. The van der Waals surface area contributed by atoms with Crippen LogP contribution in [0.3, 0.4) is 0 Å². The number of hydrogen-bond acceptors (Lipinski definition) is 3. The molecule has 0 spiro atoms. The quantitative estimate of drug-likeness (QED) is 0.832. The molecule has 1 aromatic carbocycles. The number of benzene rings is 1. The summed E-state index contributed by atoms with van der Waals surface area (Å²) in [5.74, 6) is 0. The summed E-state index contributed by atoms with van der Waals surface area (Å²) in [6, 6.07) is 5.66. The summed E-state index contributed by atoms with van der Waals surface area (Å²) in [7, 11) is -3.45. The fourth-order valence-electron chi connectivity index (χ4n) is 2.67. The van der Waals surface area contributed by atoms with Gasteiger partial charge in [0, 0.05) is 23.6 Å². The van der Waals surface area contributed by atoms with Crippen LogP contribution in [0.4, 0.5) is 0 Å². The van der Waals surface area contributed by atoms with Crippen LogP contribution in [0.25, 0.3) is 0 Å². The maximum atomic E-state index is 12.9. The van der Waals surface area contributed by atoms with E-state index in [2.05, 4.69) is 21.2 Å². The Kier molecular flexibility index (Phi) is 5.82. The summed E-state index contributed by atoms with van der Waals surface area (Å²) in [6.07, 6.45) is 2.99. The summed E-state index contributed by atoms with van der Waals surface area (Å²) < 4.78 is 28.1. The zero-order valence-corrected chi connectivity index (χ0v) is 15.0. The molecule has 0 aliphatic carbocycles. The lowest BCUT2D eigenvalue weighted by atomic mass is 10.2. The zero-order valence-electron chi connectivity index (χ0n) is 12.6. The van der Waals surface area contributed by atoms with Gasteiger partial charge in [0.2, 0.25) is 10.0 Å². The molecular formula is C15H23BrN2O2S. The lowest BCUT2D eigenvalue weighted by Gasteiger charge is -2.25. The van der Waals surface area contributed by atoms with E-state index in [1.165, 1.54) is 0 Å². The fourth-order valence-corrected chi connectivity index (χ4v) is 5.40. The van der Waals surface area contributed by atoms with Crippen molar-refractivity contribution >= 4 is 26.0 Å². The number of halogens is 1. The molecule has 4 nitrogen and oxygen atoms in total. The minimum Gasteiger partial charge on any atom is -0.313 e. The molecule has 1 N–H and O–H groups in total. The molecule has 0 radical (unpaired) electrons. The molecule has 1 heterocycles. The highest BCUT2D eigenvalue weighted by atomic mass is 79.9. The van der Waals surface area contributed by atoms with Crippen LogP contribution in [0, 0.1) is 6.92 Å². The third-order valence-electron chi connectivity index (χ3n) is 3.76. The summed E-state index contributed by atoms with van der Waals surface area (Å²) in [4.78, 5) is 0.361. The van der Waals surface area contributed by atoms with Gasteiger partial charge in [0.25, 0.3) is 0 Å². The van der Waals surface area contributed by atoms with Crippen molar-refractivity contribution in [3.63, 3.8) is 0 Å². The van der Waals surface area contributed by atoms with Crippen molar-refractivity contribution in [2.24, 2.45) is 0 Å². The van der Waals surface area contributed by atoms with Crippen LogP contribution in [0.15, 0.2) is 27.6 Å². The molecule has 1 aromatic rings. The van der Waals surface area contributed by atoms with Gasteiger partial charge in [-0.1, -0.05) is 13.0 Å². The number of nitrogens with zero attached hydrogens (tertiary/aromatic N) is 1. The van der Waals surface area contributed by atoms with E-state index in [4.69, 9.17) is 0 Å². The van der Waals surface area contributed by atoms with E-state index >= 15 is 0 Å². The van der Waals surface area contributed by atoms with Crippen molar-refractivity contribution in [3.05, 3.63) is 28.2 Å². The molecule has 0 bridgehead atoms. The second-order valence-corrected chi connectivity index (χ2v) is 8.35. The Morgan fingerprint density at radius 1 is 1.43 bits per heavy atom. The van der Waals surface area contributed by atoms with Crippen LogP contribution in [0.1, 0.15) is 31.7 Å². The van der Waals surface area contributed by atoms with Crippen LogP contribution in [-0.2, 0) is 10.0 Å². The van der Waals surface area contributed by atoms with Gasteiger partial charge in [-0.25, -0.2) is 8.42 Å². The Morgan fingerprint density at radius 2 is 2.19 bits per heavy atom. The Morgan fingerprint density at radius 3 is 2.76 bits per heavy atom. The molecule has 1 saturated heterocycles. The molecule has 1 atom stereocenters. The van der Waals surface area contributed by atoms with E-state index in [0.29, 0.717) is 22.5 Å². The summed E-state index contributed by atoms with van der Waals surface area (Å²) in [5, 5.41) is 3.37. The lowest BCUT2D eigenvalue weighted by molar-refractivity contribution is 0.369. The fraction of sp³-hybridized carbons (Fsp3) is 0.600. The second-order valence-electron chi connectivity index (χ2n) is 5.59. The van der Waals surface area contributed by atoms with E-state index < -0.39 is 10.0 Å². The SMILES string of the molecule is CCCN(CC1CCCN1)S(=O)(=O)c1ccc(C)cc1Br. The van der Waals surface area contributed by atoms with Crippen molar-refractivity contribution in [1.82, 2.24) is 9.62 Å². The highest BCUT2D eigenvalue weighted by Gasteiger charge is 2.29. The highest BCUT2D eigenvalue weighted by Crippen LogP contribution is 2.27. The second kappa shape index (κ2) is 7.22. The maximum Gasteiger partial charge on any atom is 0.244 e. The molecule has 0 aromatic heterocycles. The number of hydrogen-bond donors (Lipinski definition) is 1. The number of aryl methyl sites for hydroxylation is 1. The molecule has 1 aliphatic rings. The van der Waals surface area contributed by atoms with Gasteiger partial charge in [-0.15, -0.1) is 0 Å². The van der Waals surface area contributed by atoms with E-state index in [0.717, 1.165) is 31.4 Å². The largest absolute Gasteiger partial charge is 0.313 e. The van der Waals surface area contributed by atoms with E-state index in [1.54, 1.807) is 10.4 Å². The summed E-state index contributed by atoms with van der Waals surface area (Å²) in [5.41, 5.74) is 1.04. The predicted molar refractivity (Wildman–Crippen MR) is 89.0 cm³/mol. The average Bonchev–Trinajstić information content (AvgIpc) is 2.90. The van der Waals surface area contributed by atoms with Crippen LogP contribution < -0.4 is 5.32 Å². The van der Waals surface area contributed by atoms with Crippen LogP contribution >= 0.6 is 15.9 Å². The van der Waals surface area contributed by atoms with Crippen LogP contribution in [0.2, 0.25) is 0 Å². The van der Waals surface area contributed by atoms with Crippen molar-refractivity contribution in [2.45, 2.75) is 44.0 Å². The minimum atomic E-state index is -3.45. The third kappa shape index (κ3) is 4.06. The first-order valence-corrected chi connectivity index (χ1v) is 9.68. The topological polar surface area (TPSA) is 49.4 Å². The standard InChI is InChI=1S/C15H23BrN2O2S/c1-3-9-18(11-13-5-4-8-17-13)21(19,20)15-7-6-12(2)10-14(15)16/h6-7,10,13,17H,3-5,8-9,11H2,1-2H3. The molecule has 2 rings (SSSR count). The molecule has 0 saturated carbocycles. The number of nitrogens with one attached hydrogen (secondary N) is 1. The van der Waals surface area contributed by atoms with Crippen molar-refractivity contribution < 1.29 is 8.42 Å². The molecule has 1 unspecified atom stereocenters. The molecule has 6 heteroatoms. The first kappa shape index (κ1) is 16.9. The molecule has 118 valence electrons. The van der Waals surface area contributed by atoms with Crippen LogP contribution in [-0.4, -0.2) is 38.4 Å². The first-order chi connectivity index (χ1) is 9.95. The Labute approximate surface area is 136 Å². The Bertz CT molecular complexity index is 583. The van der Waals surface area contributed by atoms with Gasteiger partial charge in [-0.3, -0.25) is 0 Å². The van der Waals surface area contributed by atoms with E-state index in [9.17, 15) is 8.42 Å². The van der Waals surface area contributed by atoms with E-state index in [-0.39, 0.29) is 6.04 Å². The monoisotopic (exact) mass is 374 g/mol. The summed E-state index contributed by atoms with van der Waals surface area (Å²) >= 11 is 3.39. The molecule has 1 fully saturated rings. The maximum absolute atomic E-state index is 12.9. The number of sulfonamides is 1. The highest BCUT2D eigenvalue weighted by molar-refractivity contribution is 9.10. The van der Waals surface area contributed by atoms with Gasteiger partial charge in [0.15, 0.2) is 0 Å². The zero-order chi connectivity index (χ0) is 15.5. The van der Waals surface area contributed by atoms with Gasteiger partial charge in [-0.2, -0.15) is 4.31 Å². The minimum absolute atomic E-state index is 0.274. The van der Waals surface area contributed by atoms with Gasteiger partial charge in [0.05, 0.1) is 4.90 Å². The number of rotatable bonds is 6. The Balaban J connectivity index is 2.27. The predicted octanol–water partition coefficient (Wildman–Crippen LogP) is 2.91. The normalized spacial score (nSPS) is 19.3. The lowest BCUT2D eigenvalue weighted by Crippen LogP contribution is -2.41.